The van der Waals surface area contributed by atoms with Crippen molar-refractivity contribution in [1.82, 2.24) is 0 Å². The van der Waals surface area contributed by atoms with Crippen LogP contribution in [0.15, 0.2) is 40.2 Å². The maximum Gasteiger partial charge on any atom is 0.0657 e. The Balaban J connectivity index is 2.17. The fourth-order valence-corrected chi connectivity index (χ4v) is 3.66. The lowest BCUT2D eigenvalue weighted by Gasteiger charge is -2.12. The third kappa shape index (κ3) is 3.22. The summed E-state index contributed by atoms with van der Waals surface area (Å²) in [5.74, 6) is 0.691. The van der Waals surface area contributed by atoms with Gasteiger partial charge < -0.3 is 5.73 Å². The topological polar surface area (TPSA) is 26.0 Å². The third-order valence-corrected chi connectivity index (χ3v) is 4.86. The number of hydrogen-bond acceptors (Lipinski definition) is 2. The van der Waals surface area contributed by atoms with Crippen molar-refractivity contribution in [3.63, 3.8) is 0 Å². The molecule has 18 heavy (non-hydrogen) atoms. The van der Waals surface area contributed by atoms with Crippen LogP contribution in [0, 0.1) is 5.92 Å². The van der Waals surface area contributed by atoms with Gasteiger partial charge in [0.2, 0.25) is 0 Å². The lowest BCUT2D eigenvalue weighted by atomic mass is 9.99. The average molecular weight is 324 g/mol. The summed E-state index contributed by atoms with van der Waals surface area (Å²) in [6, 6.07) is 10.7. The molecule has 0 spiro atoms. The van der Waals surface area contributed by atoms with Gasteiger partial charge in [0.1, 0.15) is 0 Å². The Morgan fingerprint density at radius 3 is 2.33 bits per heavy atom. The van der Waals surface area contributed by atoms with E-state index in [1.54, 1.807) is 11.3 Å². The molecule has 2 rings (SSSR count). The molecule has 0 aliphatic heterocycles. The molecular weight excluding hydrogens is 306 g/mol. The van der Waals surface area contributed by atoms with Gasteiger partial charge in [-0.25, -0.2) is 0 Å². The van der Waals surface area contributed by atoms with E-state index in [9.17, 15) is 0 Å². The van der Waals surface area contributed by atoms with E-state index in [4.69, 9.17) is 5.73 Å². The molecule has 0 aliphatic rings. The van der Waals surface area contributed by atoms with E-state index in [2.05, 4.69) is 59.4 Å². The predicted molar refractivity (Wildman–Crippen MR) is 83.0 cm³/mol. The van der Waals surface area contributed by atoms with Gasteiger partial charge in [0.25, 0.3) is 0 Å². The highest BCUT2D eigenvalue weighted by Gasteiger charge is 2.13. The minimum Gasteiger partial charge on any atom is -0.320 e. The minimum absolute atomic E-state index is 0.0347. The van der Waals surface area contributed by atoms with Gasteiger partial charge in [-0.2, -0.15) is 0 Å². The Labute approximate surface area is 121 Å². The molecule has 1 aromatic heterocycles. The van der Waals surface area contributed by atoms with Gasteiger partial charge in [0, 0.05) is 9.35 Å². The highest BCUT2D eigenvalue weighted by Crippen LogP contribution is 2.31. The molecular formula is C15H18BrNS. The largest absolute Gasteiger partial charge is 0.320 e. The first kappa shape index (κ1) is 13.8. The third-order valence-electron chi connectivity index (χ3n) is 2.91. The van der Waals surface area contributed by atoms with Crippen LogP contribution in [0.5, 0.6) is 0 Å². The van der Waals surface area contributed by atoms with Crippen LogP contribution < -0.4 is 5.73 Å². The van der Waals surface area contributed by atoms with Crippen LogP contribution in [0.3, 0.4) is 0 Å². The van der Waals surface area contributed by atoms with Crippen molar-refractivity contribution in [3.05, 3.63) is 56.2 Å². The van der Waals surface area contributed by atoms with Crippen molar-refractivity contribution in [3.8, 4) is 0 Å². The van der Waals surface area contributed by atoms with E-state index in [0.717, 1.165) is 10.9 Å². The highest BCUT2D eigenvalue weighted by atomic mass is 79.9. The molecule has 0 bridgehead atoms. The van der Waals surface area contributed by atoms with E-state index >= 15 is 0 Å². The van der Waals surface area contributed by atoms with Gasteiger partial charge in [-0.15, -0.1) is 11.3 Å². The second kappa shape index (κ2) is 6.00. The summed E-state index contributed by atoms with van der Waals surface area (Å²) in [6.45, 7) is 4.48. The summed E-state index contributed by atoms with van der Waals surface area (Å²) in [6.07, 6.45) is 1.12. The average Bonchev–Trinajstić information content (AvgIpc) is 2.75. The summed E-state index contributed by atoms with van der Waals surface area (Å²) < 4.78 is 1.10. The van der Waals surface area contributed by atoms with Gasteiger partial charge in [-0.3, -0.25) is 0 Å². The van der Waals surface area contributed by atoms with E-state index in [1.807, 2.05) is 6.07 Å². The van der Waals surface area contributed by atoms with E-state index in [0.29, 0.717) is 5.92 Å². The smallest absolute Gasteiger partial charge is 0.0657 e. The maximum atomic E-state index is 6.29. The number of nitrogens with two attached hydrogens (primary N) is 1. The standard InChI is InChI=1S/C15H18BrNS/c1-10(2)9-11-3-5-12(6-4-11)14(17)15-13(16)7-8-18-15/h3-8,10,14H,9,17H2,1-2H3. The van der Waals surface area contributed by atoms with Crippen LogP contribution in [0.25, 0.3) is 0 Å². The van der Waals surface area contributed by atoms with Gasteiger partial charge in [-0.05, 0) is 50.8 Å². The molecule has 2 N–H and O–H groups in total. The zero-order chi connectivity index (χ0) is 13.1. The highest BCUT2D eigenvalue weighted by molar-refractivity contribution is 9.10. The first-order valence-electron chi connectivity index (χ1n) is 6.15. The van der Waals surface area contributed by atoms with Crippen LogP contribution in [-0.2, 0) is 6.42 Å². The Bertz CT molecular complexity index is 501. The molecule has 1 heterocycles. The van der Waals surface area contributed by atoms with Gasteiger partial charge in [0.15, 0.2) is 0 Å². The minimum atomic E-state index is -0.0347. The van der Waals surface area contributed by atoms with Gasteiger partial charge in [-0.1, -0.05) is 38.1 Å². The SMILES string of the molecule is CC(C)Cc1ccc(C(N)c2sccc2Br)cc1. The molecule has 0 saturated carbocycles. The molecule has 0 aliphatic carbocycles. The predicted octanol–water partition coefficient (Wildman–Crippen LogP) is 4.76. The summed E-state index contributed by atoms with van der Waals surface area (Å²) in [5, 5.41) is 2.06. The molecule has 96 valence electrons. The second-order valence-corrected chi connectivity index (χ2v) is 6.75. The van der Waals surface area contributed by atoms with Crippen LogP contribution in [0.2, 0.25) is 0 Å². The molecule has 1 aromatic carbocycles. The number of thiophene rings is 1. The summed E-state index contributed by atoms with van der Waals surface area (Å²) in [7, 11) is 0. The maximum absolute atomic E-state index is 6.29. The zero-order valence-corrected chi connectivity index (χ0v) is 13.1. The number of rotatable bonds is 4. The summed E-state index contributed by atoms with van der Waals surface area (Å²) in [4.78, 5) is 1.19. The zero-order valence-electron chi connectivity index (χ0n) is 10.7. The van der Waals surface area contributed by atoms with Crippen molar-refractivity contribution < 1.29 is 0 Å². The van der Waals surface area contributed by atoms with E-state index in [-0.39, 0.29) is 6.04 Å². The van der Waals surface area contributed by atoms with Crippen LogP contribution >= 0.6 is 27.3 Å². The Morgan fingerprint density at radius 1 is 1.17 bits per heavy atom. The first-order valence-corrected chi connectivity index (χ1v) is 7.82. The molecule has 0 saturated heterocycles. The molecule has 0 radical (unpaired) electrons. The molecule has 2 aromatic rings. The van der Waals surface area contributed by atoms with E-state index in [1.165, 1.54) is 16.0 Å². The Hall–Kier alpha value is -0.640. The van der Waals surface area contributed by atoms with Crippen molar-refractivity contribution in [2.45, 2.75) is 26.3 Å². The lowest BCUT2D eigenvalue weighted by molar-refractivity contribution is 0.647. The van der Waals surface area contributed by atoms with Crippen molar-refractivity contribution in [2.24, 2.45) is 11.7 Å². The normalized spacial score (nSPS) is 12.9. The van der Waals surface area contributed by atoms with Crippen LogP contribution in [-0.4, -0.2) is 0 Å². The van der Waals surface area contributed by atoms with Crippen molar-refractivity contribution >= 4 is 27.3 Å². The molecule has 0 fully saturated rings. The Morgan fingerprint density at radius 2 is 1.83 bits per heavy atom. The summed E-state index contributed by atoms with van der Waals surface area (Å²) in [5.41, 5.74) is 8.85. The molecule has 1 unspecified atom stereocenters. The number of hydrogen-bond donors (Lipinski definition) is 1. The number of benzene rings is 1. The molecule has 1 nitrogen and oxygen atoms in total. The Kier molecular flexibility index (Phi) is 4.60. The van der Waals surface area contributed by atoms with Crippen molar-refractivity contribution in [2.75, 3.05) is 0 Å². The lowest BCUT2D eigenvalue weighted by Crippen LogP contribution is -2.10. The summed E-state index contributed by atoms with van der Waals surface area (Å²) >= 11 is 5.24. The van der Waals surface area contributed by atoms with Crippen LogP contribution in [0.4, 0.5) is 0 Å². The molecule has 0 amide bonds. The number of halogens is 1. The molecule has 1 atom stereocenters. The fourth-order valence-electron chi connectivity index (χ4n) is 2.01. The molecule has 3 heteroatoms. The van der Waals surface area contributed by atoms with Crippen molar-refractivity contribution in [1.29, 1.82) is 0 Å². The fraction of sp³-hybridized carbons (Fsp3) is 0.333. The van der Waals surface area contributed by atoms with Crippen LogP contribution in [0.1, 0.15) is 35.9 Å². The quantitative estimate of drug-likeness (QED) is 0.862. The first-order chi connectivity index (χ1) is 8.58. The van der Waals surface area contributed by atoms with Gasteiger partial charge >= 0.3 is 0 Å². The van der Waals surface area contributed by atoms with E-state index < -0.39 is 0 Å². The monoisotopic (exact) mass is 323 g/mol. The van der Waals surface area contributed by atoms with Gasteiger partial charge in [0.05, 0.1) is 6.04 Å². The second-order valence-electron chi connectivity index (χ2n) is 4.95.